The second-order valence-electron chi connectivity index (χ2n) is 6.57. The molecule has 1 saturated carbocycles. The van der Waals surface area contributed by atoms with Gasteiger partial charge in [-0.05, 0) is 32.1 Å². The minimum absolute atomic E-state index is 0.369. The van der Waals surface area contributed by atoms with Crippen LogP contribution in [0.1, 0.15) is 69.3 Å². The number of hydrogen-bond acceptors (Lipinski definition) is 4. The molecule has 1 aromatic heterocycles. The summed E-state index contributed by atoms with van der Waals surface area (Å²) in [6.45, 7) is 4.28. The summed E-state index contributed by atoms with van der Waals surface area (Å²) in [6.07, 6.45) is 11.8. The molecule has 2 fully saturated rings. The molecule has 0 radical (unpaired) electrons. The average molecular weight is 288 g/mol. The molecule has 1 aliphatic carbocycles. The lowest BCUT2D eigenvalue weighted by atomic mass is 9.88. The Morgan fingerprint density at radius 3 is 2.52 bits per heavy atom. The van der Waals surface area contributed by atoms with Gasteiger partial charge in [0.2, 0.25) is 0 Å². The smallest absolute Gasteiger partial charge is 0.131 e. The molecule has 0 bridgehead atoms. The molecule has 4 nitrogen and oxygen atoms in total. The van der Waals surface area contributed by atoms with Crippen molar-refractivity contribution in [2.45, 2.75) is 70.3 Å². The van der Waals surface area contributed by atoms with E-state index >= 15 is 0 Å². The van der Waals surface area contributed by atoms with E-state index < -0.39 is 0 Å². The Labute approximate surface area is 128 Å². The minimum Gasteiger partial charge on any atom is -0.369 e. The van der Waals surface area contributed by atoms with Gasteiger partial charge < -0.3 is 10.6 Å². The molecular weight excluding hydrogens is 260 g/mol. The van der Waals surface area contributed by atoms with E-state index in [-0.39, 0.29) is 0 Å². The molecule has 3 rings (SSSR count). The van der Waals surface area contributed by atoms with Crippen molar-refractivity contribution in [3.8, 4) is 0 Å². The zero-order valence-electron chi connectivity index (χ0n) is 13.2. The lowest BCUT2D eigenvalue weighted by Crippen LogP contribution is -2.40. The van der Waals surface area contributed by atoms with E-state index in [1.54, 1.807) is 0 Å². The highest BCUT2D eigenvalue weighted by Crippen LogP contribution is 2.32. The Morgan fingerprint density at radius 2 is 1.86 bits per heavy atom. The van der Waals surface area contributed by atoms with E-state index in [1.807, 2.05) is 0 Å². The monoisotopic (exact) mass is 288 g/mol. The van der Waals surface area contributed by atoms with E-state index in [2.05, 4.69) is 18.0 Å². The largest absolute Gasteiger partial charge is 0.369 e. The number of aryl methyl sites for hydroxylation is 1. The zero-order chi connectivity index (χ0) is 14.7. The summed E-state index contributed by atoms with van der Waals surface area (Å²) < 4.78 is 0. The van der Waals surface area contributed by atoms with Crippen molar-refractivity contribution in [2.75, 3.05) is 18.0 Å². The first-order valence-corrected chi connectivity index (χ1v) is 8.64. The normalized spacial score (nSPS) is 21.7. The Hall–Kier alpha value is -1.16. The Bertz CT molecular complexity index is 460. The van der Waals surface area contributed by atoms with Gasteiger partial charge in [-0.2, -0.15) is 0 Å². The molecule has 0 atom stereocenters. The van der Waals surface area contributed by atoms with Gasteiger partial charge >= 0.3 is 0 Å². The molecule has 1 aliphatic heterocycles. The highest BCUT2D eigenvalue weighted by atomic mass is 15.2. The van der Waals surface area contributed by atoms with Crippen molar-refractivity contribution < 1.29 is 0 Å². The number of piperidine rings is 1. The Kier molecular flexibility index (Phi) is 4.73. The van der Waals surface area contributed by atoms with Crippen LogP contribution < -0.4 is 10.6 Å². The second-order valence-corrected chi connectivity index (χ2v) is 6.57. The summed E-state index contributed by atoms with van der Waals surface area (Å²) in [5.41, 5.74) is 8.47. The van der Waals surface area contributed by atoms with Crippen LogP contribution in [0, 0.1) is 0 Å². The first kappa shape index (κ1) is 14.8. The average Bonchev–Trinajstić information content (AvgIpc) is 2.56. The zero-order valence-corrected chi connectivity index (χ0v) is 13.2. The quantitative estimate of drug-likeness (QED) is 0.929. The van der Waals surface area contributed by atoms with Crippen molar-refractivity contribution in [1.29, 1.82) is 0 Å². The van der Waals surface area contributed by atoms with Crippen LogP contribution >= 0.6 is 0 Å². The molecule has 0 unspecified atom stereocenters. The summed E-state index contributed by atoms with van der Waals surface area (Å²) >= 11 is 0. The van der Waals surface area contributed by atoms with E-state index in [0.717, 1.165) is 38.2 Å². The first-order valence-electron chi connectivity index (χ1n) is 8.64. The van der Waals surface area contributed by atoms with Crippen molar-refractivity contribution in [3.05, 3.63) is 17.7 Å². The van der Waals surface area contributed by atoms with Crippen molar-refractivity contribution in [1.82, 2.24) is 9.97 Å². The molecule has 0 aromatic carbocycles. The SMILES string of the molecule is CCc1nc(C2CCCCC2)ncc1N1CCC(N)CC1. The maximum absolute atomic E-state index is 6.01. The lowest BCUT2D eigenvalue weighted by molar-refractivity contribution is 0.427. The van der Waals surface area contributed by atoms with Crippen LogP contribution in [0.25, 0.3) is 0 Å². The van der Waals surface area contributed by atoms with Crippen molar-refractivity contribution in [2.24, 2.45) is 5.73 Å². The summed E-state index contributed by atoms with van der Waals surface area (Å²) in [4.78, 5) is 12.1. The van der Waals surface area contributed by atoms with Gasteiger partial charge in [0.15, 0.2) is 0 Å². The minimum atomic E-state index is 0.369. The maximum Gasteiger partial charge on any atom is 0.131 e. The molecule has 1 aromatic rings. The van der Waals surface area contributed by atoms with Gasteiger partial charge in [0.1, 0.15) is 5.82 Å². The van der Waals surface area contributed by atoms with Crippen LogP contribution in [0.15, 0.2) is 6.20 Å². The van der Waals surface area contributed by atoms with E-state index in [1.165, 1.54) is 43.5 Å². The third-order valence-electron chi connectivity index (χ3n) is 5.05. The number of hydrogen-bond donors (Lipinski definition) is 1. The molecule has 2 N–H and O–H groups in total. The van der Waals surface area contributed by atoms with Crippen LogP contribution in [0.5, 0.6) is 0 Å². The predicted molar refractivity (Wildman–Crippen MR) is 86.7 cm³/mol. The fourth-order valence-corrected chi connectivity index (χ4v) is 3.65. The highest BCUT2D eigenvalue weighted by molar-refractivity contribution is 5.49. The number of anilines is 1. The van der Waals surface area contributed by atoms with E-state index in [4.69, 9.17) is 15.7 Å². The maximum atomic E-state index is 6.01. The van der Waals surface area contributed by atoms with Crippen LogP contribution in [-0.2, 0) is 6.42 Å². The summed E-state index contributed by atoms with van der Waals surface area (Å²) in [5.74, 6) is 1.68. The third kappa shape index (κ3) is 3.37. The lowest BCUT2D eigenvalue weighted by Gasteiger charge is -2.33. The van der Waals surface area contributed by atoms with Gasteiger partial charge in [-0.15, -0.1) is 0 Å². The van der Waals surface area contributed by atoms with Gasteiger partial charge in [0.05, 0.1) is 17.6 Å². The number of rotatable bonds is 3. The van der Waals surface area contributed by atoms with Crippen molar-refractivity contribution in [3.63, 3.8) is 0 Å². The van der Waals surface area contributed by atoms with Gasteiger partial charge in [0, 0.05) is 25.0 Å². The summed E-state index contributed by atoms with van der Waals surface area (Å²) in [7, 11) is 0. The number of nitrogens with zero attached hydrogens (tertiary/aromatic N) is 3. The molecule has 1 saturated heterocycles. The second kappa shape index (κ2) is 6.73. The van der Waals surface area contributed by atoms with Crippen LogP contribution in [0.4, 0.5) is 5.69 Å². The standard InChI is InChI=1S/C17H28N4/c1-2-15-16(21-10-8-14(18)9-11-21)12-19-17(20-15)13-6-4-3-5-7-13/h12-14H,2-11,18H2,1H3. The van der Waals surface area contributed by atoms with Crippen LogP contribution in [0.3, 0.4) is 0 Å². The van der Waals surface area contributed by atoms with Gasteiger partial charge in [0.25, 0.3) is 0 Å². The van der Waals surface area contributed by atoms with E-state index in [9.17, 15) is 0 Å². The fraction of sp³-hybridized carbons (Fsp3) is 0.765. The van der Waals surface area contributed by atoms with Gasteiger partial charge in [-0.3, -0.25) is 0 Å². The van der Waals surface area contributed by atoms with E-state index in [0.29, 0.717) is 12.0 Å². The third-order valence-corrected chi connectivity index (χ3v) is 5.05. The molecule has 2 aliphatic rings. The van der Waals surface area contributed by atoms with Crippen LogP contribution in [0.2, 0.25) is 0 Å². The summed E-state index contributed by atoms with van der Waals surface area (Å²) in [5, 5.41) is 0. The fourth-order valence-electron chi connectivity index (χ4n) is 3.65. The molecule has 116 valence electrons. The number of aromatic nitrogens is 2. The Balaban J connectivity index is 1.78. The molecule has 0 amide bonds. The van der Waals surface area contributed by atoms with Crippen LogP contribution in [-0.4, -0.2) is 29.1 Å². The molecule has 2 heterocycles. The number of nitrogens with two attached hydrogens (primary N) is 1. The predicted octanol–water partition coefficient (Wildman–Crippen LogP) is 3.01. The molecule has 4 heteroatoms. The summed E-state index contributed by atoms with van der Waals surface area (Å²) in [6, 6.07) is 0.369. The molecular formula is C17H28N4. The molecule has 0 spiro atoms. The highest BCUT2D eigenvalue weighted by Gasteiger charge is 2.22. The topological polar surface area (TPSA) is 55.0 Å². The van der Waals surface area contributed by atoms with Crippen molar-refractivity contribution >= 4 is 5.69 Å². The first-order chi connectivity index (χ1) is 10.3. The van der Waals surface area contributed by atoms with Gasteiger partial charge in [-0.25, -0.2) is 9.97 Å². The Morgan fingerprint density at radius 1 is 1.14 bits per heavy atom. The molecule has 21 heavy (non-hydrogen) atoms. The van der Waals surface area contributed by atoms with Gasteiger partial charge in [-0.1, -0.05) is 26.2 Å².